The molecular weight excluding hydrogens is 719 g/mol. The number of hydrogen-bond acceptors (Lipinski definition) is 5. The molecule has 0 spiro atoms. The second-order valence-electron chi connectivity index (χ2n) is 14.1. The van der Waals surface area contributed by atoms with Gasteiger partial charge in [0.1, 0.15) is 0 Å². The van der Waals surface area contributed by atoms with E-state index in [1.54, 1.807) is 6.20 Å². The molecular formula is C51H31N3S2. The highest BCUT2D eigenvalue weighted by Crippen LogP contribution is 2.41. The maximum atomic E-state index is 5.32. The molecule has 0 bridgehead atoms. The highest BCUT2D eigenvalue weighted by Gasteiger charge is 2.16. The van der Waals surface area contributed by atoms with Crippen LogP contribution in [0.15, 0.2) is 188 Å². The van der Waals surface area contributed by atoms with Crippen LogP contribution in [0.1, 0.15) is 0 Å². The van der Waals surface area contributed by atoms with E-state index in [1.165, 1.54) is 51.5 Å². The predicted octanol–water partition coefficient (Wildman–Crippen LogP) is 14.6. The minimum atomic E-state index is 0.684. The minimum absolute atomic E-state index is 0.684. The van der Waals surface area contributed by atoms with E-state index in [1.807, 2.05) is 41.0 Å². The van der Waals surface area contributed by atoms with Crippen LogP contribution >= 0.6 is 22.7 Å². The molecule has 4 heterocycles. The van der Waals surface area contributed by atoms with E-state index in [-0.39, 0.29) is 0 Å². The van der Waals surface area contributed by atoms with E-state index in [0.29, 0.717) is 5.82 Å². The molecule has 0 saturated heterocycles. The normalized spacial score (nSPS) is 11.6. The Labute approximate surface area is 331 Å². The van der Waals surface area contributed by atoms with Gasteiger partial charge in [0, 0.05) is 69.4 Å². The summed E-state index contributed by atoms with van der Waals surface area (Å²) in [5, 5.41) is 5.16. The second-order valence-corrected chi connectivity index (χ2v) is 16.2. The second kappa shape index (κ2) is 13.5. The Morgan fingerprint density at radius 3 is 1.41 bits per heavy atom. The minimum Gasteiger partial charge on any atom is -0.264 e. The third-order valence-corrected chi connectivity index (χ3v) is 12.9. The van der Waals surface area contributed by atoms with Gasteiger partial charge in [0.2, 0.25) is 0 Å². The molecule has 11 aromatic rings. The maximum absolute atomic E-state index is 5.32. The number of rotatable bonds is 6. The number of benzene rings is 7. The van der Waals surface area contributed by atoms with Crippen LogP contribution in [0, 0.1) is 0 Å². The molecule has 0 N–H and O–H groups in total. The Kier molecular flexibility index (Phi) is 7.87. The first-order chi connectivity index (χ1) is 27.7. The molecule has 4 aromatic heterocycles. The number of aromatic nitrogens is 3. The van der Waals surface area contributed by atoms with Gasteiger partial charge in [-0.25, -0.2) is 9.97 Å². The molecule has 7 aromatic carbocycles. The Morgan fingerprint density at radius 1 is 0.304 bits per heavy atom. The van der Waals surface area contributed by atoms with Gasteiger partial charge in [0.15, 0.2) is 5.82 Å². The van der Waals surface area contributed by atoms with Crippen LogP contribution in [0.25, 0.3) is 108 Å². The van der Waals surface area contributed by atoms with Gasteiger partial charge in [0.05, 0.1) is 11.4 Å². The molecule has 56 heavy (non-hydrogen) atoms. The van der Waals surface area contributed by atoms with Crippen molar-refractivity contribution in [1.82, 2.24) is 15.0 Å². The average molecular weight is 750 g/mol. The molecule has 0 unspecified atom stereocenters. The van der Waals surface area contributed by atoms with Crippen LogP contribution in [0.5, 0.6) is 0 Å². The number of thiophene rings is 2. The highest BCUT2D eigenvalue weighted by molar-refractivity contribution is 7.26. The van der Waals surface area contributed by atoms with E-state index in [0.717, 1.165) is 50.3 Å². The lowest BCUT2D eigenvalue weighted by Crippen LogP contribution is -1.96. The molecule has 262 valence electrons. The van der Waals surface area contributed by atoms with Crippen LogP contribution in [-0.2, 0) is 0 Å². The van der Waals surface area contributed by atoms with Gasteiger partial charge in [0.25, 0.3) is 0 Å². The van der Waals surface area contributed by atoms with Crippen molar-refractivity contribution < 1.29 is 0 Å². The summed E-state index contributed by atoms with van der Waals surface area (Å²) in [5.74, 6) is 0.684. The van der Waals surface area contributed by atoms with Crippen LogP contribution < -0.4 is 0 Å². The predicted molar refractivity (Wildman–Crippen MR) is 238 cm³/mol. The number of fused-ring (bicyclic) bond motifs is 6. The van der Waals surface area contributed by atoms with Gasteiger partial charge in [-0.15, -0.1) is 22.7 Å². The topological polar surface area (TPSA) is 38.7 Å². The molecule has 11 rings (SSSR count). The highest BCUT2D eigenvalue weighted by atomic mass is 32.1. The van der Waals surface area contributed by atoms with Gasteiger partial charge in [-0.3, -0.25) is 4.98 Å². The van der Waals surface area contributed by atoms with E-state index in [4.69, 9.17) is 9.97 Å². The first kappa shape index (κ1) is 32.6. The standard InChI is InChI=1S/C51H31N3S2/c1-2-9-33(10-3-1)45-30-46(54-51(53-45)34-18-16-32(17-19-34)37-11-8-24-52-31-37)40-26-38(35-20-22-49-43(28-35)41-12-4-6-14-47(41)55-49)25-39(27-40)36-21-23-50-44(29-36)42-13-5-7-15-48(42)56-50/h1-31H. The molecule has 0 fully saturated rings. The van der Waals surface area contributed by atoms with Crippen molar-refractivity contribution in [2.45, 2.75) is 0 Å². The van der Waals surface area contributed by atoms with Crippen LogP contribution in [0.3, 0.4) is 0 Å². The third kappa shape index (κ3) is 5.86. The summed E-state index contributed by atoms with van der Waals surface area (Å²) in [4.78, 5) is 14.8. The monoisotopic (exact) mass is 749 g/mol. The van der Waals surface area contributed by atoms with Gasteiger partial charge in [-0.05, 0) is 100 Å². The van der Waals surface area contributed by atoms with Crippen molar-refractivity contribution in [2.24, 2.45) is 0 Å². The Hall–Kier alpha value is -6.79. The lowest BCUT2D eigenvalue weighted by Gasteiger charge is -2.14. The molecule has 0 amide bonds. The van der Waals surface area contributed by atoms with E-state index < -0.39 is 0 Å². The first-order valence-corrected chi connectivity index (χ1v) is 20.3. The SMILES string of the molecule is c1ccc(-c2cc(-c3cc(-c4ccc5sc6ccccc6c5c4)cc(-c4ccc5sc6ccccc6c5c4)c3)nc(-c3ccc(-c4cccnc4)cc3)n2)cc1. The van der Waals surface area contributed by atoms with Crippen LogP contribution in [0.2, 0.25) is 0 Å². The smallest absolute Gasteiger partial charge is 0.160 e. The zero-order valence-electron chi connectivity index (χ0n) is 30.1. The average Bonchev–Trinajstić information content (AvgIpc) is 3.84. The molecule has 0 saturated carbocycles. The molecule has 3 nitrogen and oxygen atoms in total. The summed E-state index contributed by atoms with van der Waals surface area (Å²) in [5.41, 5.74) is 11.6. The number of hydrogen-bond donors (Lipinski definition) is 0. The lowest BCUT2D eigenvalue weighted by atomic mass is 9.93. The molecule has 0 aliphatic heterocycles. The van der Waals surface area contributed by atoms with Gasteiger partial charge < -0.3 is 0 Å². The van der Waals surface area contributed by atoms with E-state index in [2.05, 4.69) is 169 Å². The van der Waals surface area contributed by atoms with Gasteiger partial charge in [-0.2, -0.15) is 0 Å². The van der Waals surface area contributed by atoms with Crippen molar-refractivity contribution in [3.63, 3.8) is 0 Å². The Morgan fingerprint density at radius 2 is 0.804 bits per heavy atom. The lowest BCUT2D eigenvalue weighted by molar-refractivity contribution is 1.18. The fourth-order valence-electron chi connectivity index (χ4n) is 7.75. The number of nitrogens with zero attached hydrogens (tertiary/aromatic N) is 3. The Balaban J connectivity index is 1.11. The molecule has 0 atom stereocenters. The quantitative estimate of drug-likeness (QED) is 0.170. The molecule has 5 heteroatoms. The zero-order chi connectivity index (χ0) is 37.0. The van der Waals surface area contributed by atoms with Gasteiger partial charge >= 0.3 is 0 Å². The van der Waals surface area contributed by atoms with Crippen molar-refractivity contribution in [1.29, 1.82) is 0 Å². The summed E-state index contributed by atoms with van der Waals surface area (Å²) < 4.78 is 5.20. The van der Waals surface area contributed by atoms with E-state index in [9.17, 15) is 0 Å². The zero-order valence-corrected chi connectivity index (χ0v) is 31.7. The largest absolute Gasteiger partial charge is 0.264 e. The number of pyridine rings is 1. The van der Waals surface area contributed by atoms with Crippen LogP contribution in [-0.4, -0.2) is 15.0 Å². The Bertz CT molecular complexity index is 3110. The molecule has 0 aliphatic rings. The third-order valence-electron chi connectivity index (χ3n) is 10.6. The summed E-state index contributed by atoms with van der Waals surface area (Å²) in [7, 11) is 0. The van der Waals surface area contributed by atoms with E-state index >= 15 is 0 Å². The maximum Gasteiger partial charge on any atom is 0.160 e. The first-order valence-electron chi connectivity index (χ1n) is 18.6. The summed E-state index contributed by atoms with van der Waals surface area (Å²) in [6, 6.07) is 63.2. The fraction of sp³-hybridized carbons (Fsp3) is 0. The van der Waals surface area contributed by atoms with Crippen molar-refractivity contribution in [3.8, 4) is 67.3 Å². The van der Waals surface area contributed by atoms with Crippen molar-refractivity contribution >= 4 is 63.0 Å². The van der Waals surface area contributed by atoms with Crippen molar-refractivity contribution in [3.05, 3.63) is 188 Å². The van der Waals surface area contributed by atoms with Gasteiger partial charge in [-0.1, -0.05) is 109 Å². The molecule has 0 radical (unpaired) electrons. The summed E-state index contributed by atoms with van der Waals surface area (Å²) in [6.45, 7) is 0. The van der Waals surface area contributed by atoms with Crippen molar-refractivity contribution in [2.75, 3.05) is 0 Å². The summed E-state index contributed by atoms with van der Waals surface area (Å²) >= 11 is 3.70. The molecule has 0 aliphatic carbocycles. The summed E-state index contributed by atoms with van der Waals surface area (Å²) in [6.07, 6.45) is 3.69. The van der Waals surface area contributed by atoms with Crippen LogP contribution in [0.4, 0.5) is 0 Å². The fourth-order valence-corrected chi connectivity index (χ4v) is 9.92.